The van der Waals surface area contributed by atoms with Gasteiger partial charge in [-0.2, -0.15) is 0 Å². The third-order valence-corrected chi connectivity index (χ3v) is 1.77. The van der Waals surface area contributed by atoms with Crippen LogP contribution >= 0.6 is 0 Å². The van der Waals surface area contributed by atoms with Gasteiger partial charge in [0.2, 0.25) is 0 Å². The second-order valence-corrected chi connectivity index (χ2v) is 2.89. The van der Waals surface area contributed by atoms with E-state index >= 15 is 0 Å². The summed E-state index contributed by atoms with van der Waals surface area (Å²) in [5.74, 6) is -1.67. The standard InChI is InChI=1S/C9H8FN3O2/c10-8-2-1-6(5-12-13-11)3-7(8)4-9(14)15/h1-3H,4-5H2,(H,14,15). The SMILES string of the molecule is [N-]=[N+]=NCc1ccc(F)c(CC(=O)O)c1. The number of rotatable bonds is 4. The van der Waals surface area contributed by atoms with Gasteiger partial charge < -0.3 is 5.11 Å². The van der Waals surface area contributed by atoms with Gasteiger partial charge in [-0.1, -0.05) is 17.2 Å². The van der Waals surface area contributed by atoms with Gasteiger partial charge >= 0.3 is 5.97 Å². The van der Waals surface area contributed by atoms with Crippen LogP contribution in [0.2, 0.25) is 0 Å². The van der Waals surface area contributed by atoms with Crippen molar-refractivity contribution in [3.05, 3.63) is 45.6 Å². The number of hydrogen-bond donors (Lipinski definition) is 1. The van der Waals surface area contributed by atoms with Crippen molar-refractivity contribution in [1.82, 2.24) is 0 Å². The van der Waals surface area contributed by atoms with Crippen LogP contribution in [0, 0.1) is 5.82 Å². The lowest BCUT2D eigenvalue weighted by Gasteiger charge is -2.02. The van der Waals surface area contributed by atoms with Crippen molar-refractivity contribution in [2.75, 3.05) is 0 Å². The summed E-state index contributed by atoms with van der Waals surface area (Å²) < 4.78 is 13.1. The van der Waals surface area contributed by atoms with E-state index in [0.29, 0.717) is 5.56 Å². The van der Waals surface area contributed by atoms with Crippen LogP contribution in [-0.2, 0) is 17.8 Å². The highest BCUT2D eigenvalue weighted by molar-refractivity contribution is 5.70. The number of aliphatic carboxylic acids is 1. The Bertz CT molecular complexity index is 427. The number of halogens is 1. The first-order chi connectivity index (χ1) is 7.13. The molecule has 0 aliphatic carbocycles. The van der Waals surface area contributed by atoms with Crippen molar-refractivity contribution in [2.24, 2.45) is 5.11 Å². The Morgan fingerprint density at radius 2 is 2.33 bits per heavy atom. The Hall–Kier alpha value is -2.07. The number of hydrogen-bond acceptors (Lipinski definition) is 2. The Labute approximate surface area is 84.8 Å². The maximum Gasteiger partial charge on any atom is 0.307 e. The second-order valence-electron chi connectivity index (χ2n) is 2.89. The minimum atomic E-state index is -1.10. The van der Waals surface area contributed by atoms with Crippen molar-refractivity contribution in [3.8, 4) is 0 Å². The van der Waals surface area contributed by atoms with Gasteiger partial charge in [0.1, 0.15) is 5.82 Å². The second kappa shape index (κ2) is 4.97. The zero-order valence-electron chi connectivity index (χ0n) is 7.72. The number of benzene rings is 1. The van der Waals surface area contributed by atoms with Crippen LogP contribution in [0.4, 0.5) is 4.39 Å². The van der Waals surface area contributed by atoms with Gasteiger partial charge in [-0.05, 0) is 22.7 Å². The molecule has 5 nitrogen and oxygen atoms in total. The summed E-state index contributed by atoms with van der Waals surface area (Å²) in [6.45, 7) is 0.0867. The molecule has 0 aliphatic rings. The summed E-state index contributed by atoms with van der Waals surface area (Å²) in [5, 5.41) is 11.8. The van der Waals surface area contributed by atoms with Crippen LogP contribution < -0.4 is 0 Å². The average molecular weight is 209 g/mol. The number of azide groups is 1. The molecule has 0 saturated heterocycles. The van der Waals surface area contributed by atoms with Crippen molar-refractivity contribution < 1.29 is 14.3 Å². The first-order valence-corrected chi connectivity index (χ1v) is 4.13. The van der Waals surface area contributed by atoms with Crippen molar-refractivity contribution in [1.29, 1.82) is 0 Å². The summed E-state index contributed by atoms with van der Waals surface area (Å²) >= 11 is 0. The van der Waals surface area contributed by atoms with Gasteiger partial charge in [0, 0.05) is 4.91 Å². The minimum Gasteiger partial charge on any atom is -0.481 e. The molecule has 78 valence electrons. The zero-order valence-corrected chi connectivity index (χ0v) is 7.72. The number of carboxylic acid groups (broad SMARTS) is 1. The summed E-state index contributed by atoms with van der Waals surface area (Å²) in [4.78, 5) is 13.0. The molecule has 0 atom stereocenters. The van der Waals surface area contributed by atoms with E-state index in [1.54, 1.807) is 0 Å². The smallest absolute Gasteiger partial charge is 0.307 e. The summed E-state index contributed by atoms with van der Waals surface area (Å²) in [6.07, 6.45) is -0.379. The predicted octanol–water partition coefficient (Wildman–Crippen LogP) is 2.26. The minimum absolute atomic E-state index is 0.0867. The molecule has 15 heavy (non-hydrogen) atoms. The Kier molecular flexibility index (Phi) is 3.65. The van der Waals surface area contributed by atoms with E-state index in [0.717, 1.165) is 0 Å². The topological polar surface area (TPSA) is 86.1 Å². The lowest BCUT2D eigenvalue weighted by atomic mass is 10.1. The van der Waals surface area contributed by atoms with Crippen molar-refractivity contribution in [3.63, 3.8) is 0 Å². The molecule has 0 aliphatic heterocycles. The number of carbonyl (C=O) groups is 1. The van der Waals surface area contributed by atoms with Crippen molar-refractivity contribution >= 4 is 5.97 Å². The molecule has 1 aromatic carbocycles. The highest BCUT2D eigenvalue weighted by Gasteiger charge is 2.07. The van der Waals surface area contributed by atoms with Gasteiger partial charge in [-0.25, -0.2) is 4.39 Å². The Balaban J connectivity index is 2.93. The molecular formula is C9H8FN3O2. The third kappa shape index (κ3) is 3.28. The van der Waals surface area contributed by atoms with Gasteiger partial charge in [-0.15, -0.1) is 0 Å². The Morgan fingerprint density at radius 3 is 2.93 bits per heavy atom. The fraction of sp³-hybridized carbons (Fsp3) is 0.222. The molecule has 0 bridgehead atoms. The van der Waals surface area contributed by atoms with Gasteiger partial charge in [0.15, 0.2) is 0 Å². The first kappa shape index (κ1) is 11.0. The lowest BCUT2D eigenvalue weighted by molar-refractivity contribution is -0.136. The zero-order chi connectivity index (χ0) is 11.3. The number of nitrogens with zero attached hydrogens (tertiary/aromatic N) is 3. The van der Waals surface area contributed by atoms with Crippen LogP contribution in [0.15, 0.2) is 23.3 Å². The van der Waals surface area contributed by atoms with Crippen molar-refractivity contribution in [2.45, 2.75) is 13.0 Å². The molecule has 1 rings (SSSR count). The molecule has 1 N–H and O–H groups in total. The number of carboxylic acids is 1. The normalized spacial score (nSPS) is 9.40. The van der Waals surface area contributed by atoms with E-state index in [4.69, 9.17) is 10.6 Å². The molecule has 0 unspecified atom stereocenters. The third-order valence-electron chi connectivity index (χ3n) is 1.77. The molecule has 0 aromatic heterocycles. The maximum absolute atomic E-state index is 13.1. The molecule has 0 spiro atoms. The van der Waals surface area contributed by atoms with E-state index in [9.17, 15) is 9.18 Å². The average Bonchev–Trinajstić information content (AvgIpc) is 2.18. The first-order valence-electron chi connectivity index (χ1n) is 4.13. The van der Waals surface area contributed by atoms with Gasteiger partial charge in [0.05, 0.1) is 13.0 Å². The van der Waals surface area contributed by atoms with E-state index < -0.39 is 11.8 Å². The van der Waals surface area contributed by atoms with Crippen LogP contribution in [0.3, 0.4) is 0 Å². The summed E-state index contributed by atoms with van der Waals surface area (Å²) in [6, 6.07) is 4.01. The summed E-state index contributed by atoms with van der Waals surface area (Å²) in [5.41, 5.74) is 8.77. The van der Waals surface area contributed by atoms with Crippen LogP contribution in [0.1, 0.15) is 11.1 Å². The highest BCUT2D eigenvalue weighted by atomic mass is 19.1. The van der Waals surface area contributed by atoms with Gasteiger partial charge in [0.25, 0.3) is 0 Å². The molecule has 6 heteroatoms. The van der Waals surface area contributed by atoms with Crippen LogP contribution in [-0.4, -0.2) is 11.1 Å². The van der Waals surface area contributed by atoms with Crippen LogP contribution in [0.25, 0.3) is 10.4 Å². The highest BCUT2D eigenvalue weighted by Crippen LogP contribution is 2.12. The molecular weight excluding hydrogens is 201 g/mol. The molecule has 0 fully saturated rings. The monoisotopic (exact) mass is 209 g/mol. The molecule has 0 saturated carbocycles. The maximum atomic E-state index is 13.1. The molecule has 0 amide bonds. The fourth-order valence-electron chi connectivity index (χ4n) is 1.14. The molecule has 1 aromatic rings. The van der Waals surface area contributed by atoms with E-state index in [1.165, 1.54) is 18.2 Å². The fourth-order valence-corrected chi connectivity index (χ4v) is 1.14. The molecule has 0 heterocycles. The largest absolute Gasteiger partial charge is 0.481 e. The van der Waals surface area contributed by atoms with E-state index in [1.807, 2.05) is 0 Å². The summed E-state index contributed by atoms with van der Waals surface area (Å²) in [7, 11) is 0. The van der Waals surface area contributed by atoms with E-state index in [2.05, 4.69) is 10.0 Å². The van der Waals surface area contributed by atoms with Gasteiger partial charge in [-0.3, -0.25) is 4.79 Å². The quantitative estimate of drug-likeness (QED) is 0.468. The van der Waals surface area contributed by atoms with E-state index in [-0.39, 0.29) is 18.5 Å². The van der Waals surface area contributed by atoms with Crippen LogP contribution in [0.5, 0.6) is 0 Å². The molecule has 0 radical (unpaired) electrons. The Morgan fingerprint density at radius 1 is 1.60 bits per heavy atom. The lowest BCUT2D eigenvalue weighted by Crippen LogP contribution is -2.03. The predicted molar refractivity (Wildman–Crippen MR) is 50.6 cm³/mol.